The van der Waals surface area contributed by atoms with Gasteiger partial charge in [-0.2, -0.15) is 0 Å². The van der Waals surface area contributed by atoms with Crippen LogP contribution in [-0.4, -0.2) is 33.2 Å². The molecule has 0 aliphatic carbocycles. The number of aromatic amines is 1. The number of ketones is 1. The van der Waals surface area contributed by atoms with Crippen LogP contribution in [0.5, 0.6) is 5.75 Å². The molecule has 0 radical (unpaired) electrons. The number of para-hydroxylation sites is 2. The van der Waals surface area contributed by atoms with E-state index < -0.39 is 0 Å². The fourth-order valence-corrected chi connectivity index (χ4v) is 4.89. The molecule has 0 amide bonds. The molecule has 33 heavy (non-hydrogen) atoms. The van der Waals surface area contributed by atoms with Crippen LogP contribution >= 0.6 is 23.4 Å². The summed E-state index contributed by atoms with van der Waals surface area (Å²) in [5.41, 5.74) is 2.40. The molecule has 0 fully saturated rings. The molecule has 1 N–H and O–H groups in total. The van der Waals surface area contributed by atoms with Gasteiger partial charge in [-0.05, 0) is 36.4 Å². The summed E-state index contributed by atoms with van der Waals surface area (Å²) in [7, 11) is 1.53. The number of fused-ring (bicyclic) bond motifs is 2. The van der Waals surface area contributed by atoms with E-state index in [1.54, 1.807) is 42.6 Å². The maximum absolute atomic E-state index is 13.4. The molecule has 164 valence electrons. The van der Waals surface area contributed by atoms with Crippen molar-refractivity contribution in [1.82, 2.24) is 14.5 Å². The van der Waals surface area contributed by atoms with E-state index in [9.17, 15) is 9.59 Å². The highest BCUT2D eigenvalue weighted by Gasteiger charge is 2.18. The standard InChI is InChI=1S/C25H18ClN3O3S/c1-32-23-11-10-15(12-19(23)26)29-24(31)17-7-3-5-9-21(17)28-25(29)33-14-22(30)18-13-27-20-8-4-2-6-16(18)20/h2-13,27H,14H2,1H3. The van der Waals surface area contributed by atoms with Crippen molar-refractivity contribution in [1.29, 1.82) is 0 Å². The number of benzene rings is 3. The van der Waals surface area contributed by atoms with Crippen molar-refractivity contribution in [3.05, 3.63) is 93.9 Å². The topological polar surface area (TPSA) is 77.0 Å². The Morgan fingerprint density at radius 1 is 1.09 bits per heavy atom. The van der Waals surface area contributed by atoms with Gasteiger partial charge in [-0.15, -0.1) is 0 Å². The molecule has 0 saturated carbocycles. The molecule has 0 spiro atoms. The van der Waals surface area contributed by atoms with Crippen molar-refractivity contribution >= 4 is 51.0 Å². The Morgan fingerprint density at radius 2 is 1.85 bits per heavy atom. The van der Waals surface area contributed by atoms with E-state index in [4.69, 9.17) is 21.3 Å². The summed E-state index contributed by atoms with van der Waals surface area (Å²) in [4.78, 5) is 34.3. The second kappa shape index (κ2) is 8.77. The number of nitrogens with one attached hydrogen (secondary N) is 1. The minimum Gasteiger partial charge on any atom is -0.495 e. The zero-order valence-corrected chi connectivity index (χ0v) is 19.1. The van der Waals surface area contributed by atoms with Gasteiger partial charge >= 0.3 is 0 Å². The summed E-state index contributed by atoms with van der Waals surface area (Å²) < 4.78 is 6.72. The maximum atomic E-state index is 13.4. The van der Waals surface area contributed by atoms with Crippen molar-refractivity contribution in [3.8, 4) is 11.4 Å². The van der Waals surface area contributed by atoms with E-state index in [1.165, 1.54) is 23.4 Å². The van der Waals surface area contributed by atoms with Gasteiger partial charge < -0.3 is 9.72 Å². The lowest BCUT2D eigenvalue weighted by molar-refractivity contribution is 0.102. The van der Waals surface area contributed by atoms with Gasteiger partial charge in [0, 0.05) is 22.7 Å². The van der Waals surface area contributed by atoms with Crippen LogP contribution in [0.4, 0.5) is 0 Å². The van der Waals surface area contributed by atoms with Gasteiger partial charge in [0.25, 0.3) is 5.56 Å². The molecular formula is C25H18ClN3O3S. The van der Waals surface area contributed by atoms with Crippen molar-refractivity contribution in [2.24, 2.45) is 0 Å². The molecule has 8 heteroatoms. The number of thioether (sulfide) groups is 1. The first kappa shape index (κ1) is 21.3. The Bertz CT molecular complexity index is 1570. The van der Waals surface area contributed by atoms with Crippen molar-refractivity contribution in [3.63, 3.8) is 0 Å². The molecule has 0 atom stereocenters. The number of nitrogens with zero attached hydrogens (tertiary/aromatic N) is 2. The second-order valence-corrected chi connectivity index (χ2v) is 8.68. The molecule has 3 aromatic carbocycles. The Morgan fingerprint density at radius 3 is 2.64 bits per heavy atom. The van der Waals surface area contributed by atoms with Gasteiger partial charge in [0.2, 0.25) is 0 Å². The number of methoxy groups -OCH3 is 1. The van der Waals surface area contributed by atoms with E-state index in [1.807, 2.05) is 30.3 Å². The number of carbonyl (C=O) groups excluding carboxylic acids is 1. The largest absolute Gasteiger partial charge is 0.495 e. The van der Waals surface area contributed by atoms with Gasteiger partial charge in [0.05, 0.1) is 34.5 Å². The van der Waals surface area contributed by atoms with Gasteiger partial charge in [-0.3, -0.25) is 14.2 Å². The molecule has 0 bridgehead atoms. The first-order valence-corrected chi connectivity index (χ1v) is 11.5. The van der Waals surface area contributed by atoms with Gasteiger partial charge in [0.1, 0.15) is 5.75 Å². The first-order chi connectivity index (χ1) is 16.1. The fraction of sp³-hybridized carbons (Fsp3) is 0.0800. The summed E-state index contributed by atoms with van der Waals surface area (Å²) >= 11 is 7.54. The Labute approximate surface area is 198 Å². The third-order valence-electron chi connectivity index (χ3n) is 5.36. The average Bonchev–Trinajstić information content (AvgIpc) is 3.27. The zero-order chi connectivity index (χ0) is 22.9. The molecule has 2 aromatic heterocycles. The summed E-state index contributed by atoms with van der Waals surface area (Å²) in [6.45, 7) is 0. The van der Waals surface area contributed by atoms with E-state index in [0.29, 0.717) is 38.1 Å². The van der Waals surface area contributed by atoms with Gasteiger partial charge in [0.15, 0.2) is 10.9 Å². The highest BCUT2D eigenvalue weighted by Crippen LogP contribution is 2.29. The molecule has 0 aliphatic rings. The third-order valence-corrected chi connectivity index (χ3v) is 6.59. The fourth-order valence-electron chi connectivity index (χ4n) is 3.74. The number of carbonyl (C=O) groups is 1. The maximum Gasteiger partial charge on any atom is 0.266 e. The highest BCUT2D eigenvalue weighted by molar-refractivity contribution is 7.99. The van der Waals surface area contributed by atoms with Crippen LogP contribution in [0.15, 0.2) is 82.9 Å². The third kappa shape index (κ3) is 3.90. The number of ether oxygens (including phenoxy) is 1. The predicted molar refractivity (Wildman–Crippen MR) is 132 cm³/mol. The van der Waals surface area contributed by atoms with Crippen LogP contribution in [0, 0.1) is 0 Å². The first-order valence-electron chi connectivity index (χ1n) is 10.1. The Balaban J connectivity index is 1.57. The van der Waals surface area contributed by atoms with Crippen LogP contribution < -0.4 is 10.3 Å². The Hall–Kier alpha value is -3.55. The molecule has 2 heterocycles. The number of hydrogen-bond acceptors (Lipinski definition) is 5. The number of H-pyrrole nitrogens is 1. The lowest BCUT2D eigenvalue weighted by Crippen LogP contribution is -2.22. The minimum atomic E-state index is -0.233. The minimum absolute atomic E-state index is 0.0563. The lowest BCUT2D eigenvalue weighted by atomic mass is 10.1. The van der Waals surface area contributed by atoms with Crippen molar-refractivity contribution < 1.29 is 9.53 Å². The monoisotopic (exact) mass is 475 g/mol. The number of halogens is 1. The van der Waals surface area contributed by atoms with E-state index in [2.05, 4.69) is 4.98 Å². The molecule has 0 unspecified atom stereocenters. The number of Topliss-reactive ketones (excluding diaryl/α,β-unsaturated/α-hetero) is 1. The van der Waals surface area contributed by atoms with Gasteiger partial charge in [-0.25, -0.2) is 4.98 Å². The highest BCUT2D eigenvalue weighted by atomic mass is 35.5. The normalized spacial score (nSPS) is 11.2. The predicted octanol–water partition coefficient (Wildman–Crippen LogP) is 5.50. The molecule has 0 saturated heterocycles. The van der Waals surface area contributed by atoms with Crippen molar-refractivity contribution in [2.45, 2.75) is 5.16 Å². The second-order valence-electron chi connectivity index (χ2n) is 7.33. The van der Waals surface area contributed by atoms with E-state index in [0.717, 1.165) is 10.9 Å². The molecule has 0 aliphatic heterocycles. The summed E-state index contributed by atoms with van der Waals surface area (Å²) in [6, 6.07) is 19.9. The average molecular weight is 476 g/mol. The van der Waals surface area contributed by atoms with Crippen LogP contribution in [-0.2, 0) is 0 Å². The molecule has 6 nitrogen and oxygen atoms in total. The SMILES string of the molecule is COc1ccc(-n2c(SCC(=O)c3c[nH]c4ccccc34)nc3ccccc3c2=O)cc1Cl. The number of aromatic nitrogens is 3. The lowest BCUT2D eigenvalue weighted by Gasteiger charge is -2.14. The Kier molecular flexibility index (Phi) is 5.66. The summed E-state index contributed by atoms with van der Waals surface area (Å²) in [5.74, 6) is 0.571. The number of rotatable bonds is 6. The molecule has 5 rings (SSSR count). The van der Waals surface area contributed by atoms with Crippen LogP contribution in [0.25, 0.3) is 27.5 Å². The van der Waals surface area contributed by atoms with E-state index >= 15 is 0 Å². The smallest absolute Gasteiger partial charge is 0.266 e. The van der Waals surface area contributed by atoms with Gasteiger partial charge in [-0.1, -0.05) is 53.7 Å². The van der Waals surface area contributed by atoms with Crippen LogP contribution in [0.3, 0.4) is 0 Å². The zero-order valence-electron chi connectivity index (χ0n) is 17.5. The molecular weight excluding hydrogens is 458 g/mol. The van der Waals surface area contributed by atoms with Crippen LogP contribution in [0.2, 0.25) is 5.02 Å². The summed E-state index contributed by atoms with van der Waals surface area (Å²) in [6.07, 6.45) is 1.72. The number of hydrogen-bond donors (Lipinski definition) is 1. The summed E-state index contributed by atoms with van der Waals surface area (Å²) in [5, 5.41) is 2.14. The van der Waals surface area contributed by atoms with E-state index in [-0.39, 0.29) is 17.1 Å². The quantitative estimate of drug-likeness (QED) is 0.199. The van der Waals surface area contributed by atoms with Crippen molar-refractivity contribution in [2.75, 3.05) is 12.9 Å². The van der Waals surface area contributed by atoms with Crippen LogP contribution in [0.1, 0.15) is 10.4 Å². The molecule has 5 aromatic rings.